The molecule has 0 saturated carbocycles. The molecule has 3 rings (SSSR count). The molecule has 0 bridgehead atoms. The van der Waals surface area contributed by atoms with Crippen molar-refractivity contribution in [2.75, 3.05) is 6.54 Å². The van der Waals surface area contributed by atoms with Gasteiger partial charge >= 0.3 is 6.18 Å². The highest BCUT2D eigenvalue weighted by Gasteiger charge is 2.50. The molecule has 1 N–H and O–H groups in total. The Morgan fingerprint density at radius 2 is 1.92 bits per heavy atom. The fourth-order valence-electron chi connectivity index (χ4n) is 3.12. The van der Waals surface area contributed by atoms with E-state index in [2.05, 4.69) is 5.32 Å². The summed E-state index contributed by atoms with van der Waals surface area (Å²) in [6.07, 6.45) is -5.53. The molecule has 2 amide bonds. The van der Waals surface area contributed by atoms with E-state index >= 15 is 0 Å². The lowest BCUT2D eigenvalue weighted by molar-refractivity contribution is -0.138. The zero-order chi connectivity index (χ0) is 17.7. The SMILES string of the molecule is O=C1C[C@@H]2CC(F)(F)CN2C(=O)C(c2cccc(C(F)(F)F)c2)N1. The van der Waals surface area contributed by atoms with E-state index in [1.54, 1.807) is 0 Å². The van der Waals surface area contributed by atoms with Crippen LogP contribution in [-0.2, 0) is 15.8 Å². The van der Waals surface area contributed by atoms with E-state index < -0.39 is 54.5 Å². The van der Waals surface area contributed by atoms with Crippen LogP contribution in [0.25, 0.3) is 0 Å². The van der Waals surface area contributed by atoms with Crippen LogP contribution in [0.15, 0.2) is 24.3 Å². The van der Waals surface area contributed by atoms with Gasteiger partial charge in [-0.15, -0.1) is 0 Å². The molecular formula is C15H13F5N2O2. The summed E-state index contributed by atoms with van der Waals surface area (Å²) >= 11 is 0. The Hall–Kier alpha value is -2.19. The smallest absolute Gasteiger partial charge is 0.340 e. The fourth-order valence-corrected chi connectivity index (χ4v) is 3.12. The summed E-state index contributed by atoms with van der Waals surface area (Å²) in [6, 6.07) is 1.60. The molecule has 1 aromatic rings. The van der Waals surface area contributed by atoms with Crippen LogP contribution in [0.2, 0.25) is 0 Å². The van der Waals surface area contributed by atoms with Gasteiger partial charge in [0.15, 0.2) is 0 Å². The second-order valence-corrected chi connectivity index (χ2v) is 6.01. The first kappa shape index (κ1) is 16.7. The number of hydrogen-bond donors (Lipinski definition) is 1. The summed E-state index contributed by atoms with van der Waals surface area (Å²) in [5.41, 5.74) is -1.06. The van der Waals surface area contributed by atoms with Crippen LogP contribution >= 0.6 is 0 Å². The Labute approximate surface area is 133 Å². The molecule has 0 aliphatic carbocycles. The van der Waals surface area contributed by atoms with Gasteiger partial charge in [0.25, 0.3) is 5.92 Å². The monoisotopic (exact) mass is 348 g/mol. The first-order valence-corrected chi connectivity index (χ1v) is 7.22. The van der Waals surface area contributed by atoms with E-state index in [1.807, 2.05) is 0 Å². The van der Waals surface area contributed by atoms with Gasteiger partial charge in [0.2, 0.25) is 11.8 Å². The summed E-state index contributed by atoms with van der Waals surface area (Å²) in [5, 5.41) is 2.34. The number of carbonyl (C=O) groups is 2. The molecule has 2 atom stereocenters. The lowest BCUT2D eigenvalue weighted by Gasteiger charge is -2.24. The first-order valence-electron chi connectivity index (χ1n) is 7.22. The predicted octanol–water partition coefficient (Wildman–Crippen LogP) is 2.50. The quantitative estimate of drug-likeness (QED) is 0.793. The molecule has 0 aromatic heterocycles. The van der Waals surface area contributed by atoms with Crippen LogP contribution < -0.4 is 5.32 Å². The average molecular weight is 348 g/mol. The summed E-state index contributed by atoms with van der Waals surface area (Å²) in [6.45, 7) is -0.832. The number of benzene rings is 1. The zero-order valence-electron chi connectivity index (χ0n) is 12.2. The number of fused-ring (bicyclic) bond motifs is 1. The van der Waals surface area contributed by atoms with Crippen LogP contribution in [0, 0.1) is 0 Å². The van der Waals surface area contributed by atoms with Gasteiger partial charge in [0.05, 0.1) is 12.1 Å². The minimum atomic E-state index is -4.61. The molecule has 9 heteroatoms. The standard InChI is InChI=1S/C15H13F5N2O2/c16-14(17)6-10-5-11(23)21-12(13(24)22(10)7-14)8-2-1-3-9(4-8)15(18,19)20/h1-4,10,12H,5-7H2,(H,21,23)/t10-,12?/m1/s1. The highest BCUT2D eigenvalue weighted by molar-refractivity contribution is 5.91. The number of hydrogen-bond acceptors (Lipinski definition) is 2. The third-order valence-electron chi connectivity index (χ3n) is 4.18. The maximum absolute atomic E-state index is 13.6. The van der Waals surface area contributed by atoms with Crippen LogP contribution in [0.1, 0.15) is 30.0 Å². The molecular weight excluding hydrogens is 335 g/mol. The van der Waals surface area contributed by atoms with E-state index in [0.29, 0.717) is 0 Å². The minimum absolute atomic E-state index is 0.0842. The maximum atomic E-state index is 13.6. The molecule has 24 heavy (non-hydrogen) atoms. The summed E-state index contributed by atoms with van der Waals surface area (Å²) < 4.78 is 65.6. The number of nitrogens with one attached hydrogen (secondary N) is 1. The Bertz CT molecular complexity index is 689. The van der Waals surface area contributed by atoms with Gasteiger partial charge in [-0.2, -0.15) is 13.2 Å². The molecule has 4 nitrogen and oxygen atoms in total. The van der Waals surface area contributed by atoms with Crippen LogP contribution in [0.4, 0.5) is 22.0 Å². The van der Waals surface area contributed by atoms with Crippen LogP contribution in [0.5, 0.6) is 0 Å². The molecule has 2 aliphatic heterocycles. The van der Waals surface area contributed by atoms with Gasteiger partial charge in [0, 0.05) is 18.9 Å². The Kier molecular flexibility index (Phi) is 3.76. The average Bonchev–Trinajstić information content (AvgIpc) is 2.72. The number of halogens is 5. The largest absolute Gasteiger partial charge is 0.416 e. The molecule has 2 heterocycles. The van der Waals surface area contributed by atoms with Gasteiger partial charge in [-0.25, -0.2) is 8.78 Å². The lowest BCUT2D eigenvalue weighted by Crippen LogP contribution is -2.40. The van der Waals surface area contributed by atoms with Gasteiger partial charge < -0.3 is 10.2 Å². The Balaban J connectivity index is 1.96. The van der Waals surface area contributed by atoms with Crippen molar-refractivity contribution in [2.24, 2.45) is 0 Å². The number of nitrogens with zero attached hydrogens (tertiary/aromatic N) is 1. The second-order valence-electron chi connectivity index (χ2n) is 6.01. The van der Waals surface area contributed by atoms with E-state index in [1.165, 1.54) is 6.07 Å². The van der Waals surface area contributed by atoms with Crippen molar-refractivity contribution in [3.63, 3.8) is 0 Å². The van der Waals surface area contributed by atoms with Crippen molar-refractivity contribution in [3.05, 3.63) is 35.4 Å². The summed E-state index contributed by atoms with van der Waals surface area (Å²) in [4.78, 5) is 25.3. The topological polar surface area (TPSA) is 49.4 Å². The van der Waals surface area contributed by atoms with Crippen molar-refractivity contribution >= 4 is 11.8 Å². The molecule has 0 spiro atoms. The highest BCUT2D eigenvalue weighted by Crippen LogP contribution is 2.37. The van der Waals surface area contributed by atoms with Crippen molar-refractivity contribution < 1.29 is 31.5 Å². The Morgan fingerprint density at radius 1 is 1.21 bits per heavy atom. The molecule has 2 fully saturated rings. The number of rotatable bonds is 1. The van der Waals surface area contributed by atoms with Crippen molar-refractivity contribution in [2.45, 2.75) is 37.0 Å². The van der Waals surface area contributed by atoms with Crippen molar-refractivity contribution in [1.29, 1.82) is 0 Å². The van der Waals surface area contributed by atoms with Gasteiger partial charge in [-0.3, -0.25) is 9.59 Å². The molecule has 130 valence electrons. The third kappa shape index (κ3) is 3.07. The summed E-state index contributed by atoms with van der Waals surface area (Å²) in [5.74, 6) is -4.56. The van der Waals surface area contributed by atoms with Crippen molar-refractivity contribution in [1.82, 2.24) is 10.2 Å². The van der Waals surface area contributed by atoms with Gasteiger partial charge in [-0.05, 0) is 17.7 Å². The van der Waals surface area contributed by atoms with Crippen LogP contribution in [-0.4, -0.2) is 35.2 Å². The second kappa shape index (κ2) is 5.42. The van der Waals surface area contributed by atoms with Gasteiger partial charge in [-0.1, -0.05) is 12.1 Å². The van der Waals surface area contributed by atoms with E-state index in [4.69, 9.17) is 0 Å². The highest BCUT2D eigenvalue weighted by atomic mass is 19.4. The third-order valence-corrected chi connectivity index (χ3v) is 4.18. The predicted molar refractivity (Wildman–Crippen MR) is 72.0 cm³/mol. The van der Waals surface area contributed by atoms with E-state index in [-0.39, 0.29) is 12.0 Å². The maximum Gasteiger partial charge on any atom is 0.416 e. The molecule has 1 unspecified atom stereocenters. The number of alkyl halides is 5. The Morgan fingerprint density at radius 3 is 2.58 bits per heavy atom. The van der Waals surface area contributed by atoms with Crippen LogP contribution in [0.3, 0.4) is 0 Å². The summed E-state index contributed by atoms with van der Waals surface area (Å²) in [7, 11) is 0. The molecule has 1 aromatic carbocycles. The number of amides is 2. The van der Waals surface area contributed by atoms with E-state index in [0.717, 1.165) is 23.1 Å². The normalized spacial score (nSPS) is 26.8. The van der Waals surface area contributed by atoms with Crippen molar-refractivity contribution in [3.8, 4) is 0 Å². The van der Waals surface area contributed by atoms with Gasteiger partial charge in [0.1, 0.15) is 6.04 Å². The molecule has 2 saturated heterocycles. The van der Waals surface area contributed by atoms with E-state index in [9.17, 15) is 31.5 Å². The molecule has 2 aliphatic rings. The molecule has 0 radical (unpaired) electrons. The lowest BCUT2D eigenvalue weighted by atomic mass is 10.0. The zero-order valence-corrected chi connectivity index (χ0v) is 12.2. The number of carbonyl (C=O) groups excluding carboxylic acids is 2. The first-order chi connectivity index (χ1) is 11.1. The fraction of sp³-hybridized carbons (Fsp3) is 0.467. The minimum Gasteiger partial charge on any atom is -0.340 e.